The fraction of sp³-hybridized carbons (Fsp3) is 0.625. The van der Waals surface area contributed by atoms with Gasteiger partial charge in [0.2, 0.25) is 0 Å². The highest BCUT2D eigenvalue weighted by atomic mass is 16.6. The van der Waals surface area contributed by atoms with Crippen molar-refractivity contribution in [1.82, 2.24) is 5.32 Å². The molecule has 118 valence electrons. The summed E-state index contributed by atoms with van der Waals surface area (Å²) in [7, 11) is 0. The summed E-state index contributed by atoms with van der Waals surface area (Å²) in [5, 5.41) is 24.5. The molecule has 0 fully saturated rings. The van der Waals surface area contributed by atoms with Gasteiger partial charge in [0.15, 0.2) is 0 Å². The number of aliphatic hydroxyl groups is 1. The molecule has 0 aromatic heterocycles. The Morgan fingerprint density at radius 1 is 1.38 bits per heavy atom. The van der Waals surface area contributed by atoms with Crippen molar-refractivity contribution in [1.29, 1.82) is 0 Å². The lowest BCUT2D eigenvalue weighted by atomic mass is 9.93. The maximum Gasteiger partial charge on any atom is 0.272 e. The molecule has 0 radical (unpaired) electrons. The predicted molar refractivity (Wildman–Crippen MR) is 84.3 cm³/mol. The van der Waals surface area contributed by atoms with Crippen molar-refractivity contribution in [3.63, 3.8) is 0 Å². The Labute approximate surface area is 126 Å². The van der Waals surface area contributed by atoms with E-state index in [1.807, 2.05) is 19.9 Å². The van der Waals surface area contributed by atoms with E-state index in [1.165, 1.54) is 0 Å². The summed E-state index contributed by atoms with van der Waals surface area (Å²) in [5.74, 6) is 0.414. The summed E-state index contributed by atoms with van der Waals surface area (Å²) >= 11 is 0. The molecule has 0 heterocycles. The third-order valence-electron chi connectivity index (χ3n) is 3.57. The molecular weight excluding hydrogens is 268 g/mol. The molecule has 2 N–H and O–H groups in total. The largest absolute Gasteiger partial charge is 0.389 e. The van der Waals surface area contributed by atoms with Crippen LogP contribution in [-0.2, 0) is 0 Å². The van der Waals surface area contributed by atoms with Crippen LogP contribution in [0.25, 0.3) is 0 Å². The predicted octanol–water partition coefficient (Wildman–Crippen LogP) is 3.35. The van der Waals surface area contributed by atoms with Gasteiger partial charge in [-0.1, -0.05) is 26.0 Å². The molecule has 0 aliphatic rings. The molecule has 0 bridgehead atoms. The van der Waals surface area contributed by atoms with Crippen LogP contribution in [0.4, 0.5) is 5.69 Å². The molecule has 0 saturated carbocycles. The van der Waals surface area contributed by atoms with Crippen LogP contribution in [0.15, 0.2) is 18.2 Å². The van der Waals surface area contributed by atoms with E-state index >= 15 is 0 Å². The Bertz CT molecular complexity index is 498. The van der Waals surface area contributed by atoms with Gasteiger partial charge in [-0.25, -0.2) is 0 Å². The number of hydrogen-bond acceptors (Lipinski definition) is 4. The van der Waals surface area contributed by atoms with Crippen LogP contribution in [0.2, 0.25) is 0 Å². The number of rotatable bonds is 7. The molecule has 2 atom stereocenters. The van der Waals surface area contributed by atoms with Gasteiger partial charge in [-0.15, -0.1) is 0 Å². The van der Waals surface area contributed by atoms with E-state index in [-0.39, 0.29) is 16.7 Å². The lowest BCUT2D eigenvalue weighted by Gasteiger charge is -2.27. The van der Waals surface area contributed by atoms with Crippen molar-refractivity contribution in [3.05, 3.63) is 39.4 Å². The molecule has 0 amide bonds. The smallest absolute Gasteiger partial charge is 0.272 e. The summed E-state index contributed by atoms with van der Waals surface area (Å²) in [6, 6.07) is 5.20. The summed E-state index contributed by atoms with van der Waals surface area (Å²) in [4.78, 5) is 10.6. The van der Waals surface area contributed by atoms with Gasteiger partial charge >= 0.3 is 0 Å². The van der Waals surface area contributed by atoms with Gasteiger partial charge in [-0.2, -0.15) is 0 Å². The topological polar surface area (TPSA) is 75.4 Å². The second kappa shape index (κ2) is 7.00. The van der Waals surface area contributed by atoms with Crippen molar-refractivity contribution in [2.24, 2.45) is 5.92 Å². The molecule has 1 aromatic carbocycles. The molecular formula is C16H26N2O3. The van der Waals surface area contributed by atoms with Gasteiger partial charge in [-0.3, -0.25) is 10.1 Å². The van der Waals surface area contributed by atoms with Gasteiger partial charge in [-0.05, 0) is 38.7 Å². The SMILES string of the molecule is Cc1ccc(C(C)NCC(C)(O)CC(C)C)cc1[N+](=O)[O-]. The second-order valence-electron chi connectivity index (χ2n) is 6.50. The lowest BCUT2D eigenvalue weighted by molar-refractivity contribution is -0.385. The fourth-order valence-corrected chi connectivity index (χ4v) is 2.53. The molecule has 0 aliphatic heterocycles. The first-order valence-corrected chi connectivity index (χ1v) is 7.33. The average Bonchev–Trinajstić information content (AvgIpc) is 2.34. The normalized spacial score (nSPS) is 15.8. The van der Waals surface area contributed by atoms with Gasteiger partial charge < -0.3 is 10.4 Å². The minimum atomic E-state index is -0.779. The summed E-state index contributed by atoms with van der Waals surface area (Å²) in [5.41, 5.74) is 0.865. The van der Waals surface area contributed by atoms with E-state index in [0.29, 0.717) is 24.4 Å². The van der Waals surface area contributed by atoms with E-state index in [9.17, 15) is 15.2 Å². The zero-order valence-electron chi connectivity index (χ0n) is 13.5. The number of aryl methyl sites for hydroxylation is 1. The third-order valence-corrected chi connectivity index (χ3v) is 3.57. The average molecular weight is 294 g/mol. The lowest BCUT2D eigenvalue weighted by Crippen LogP contribution is -2.39. The highest BCUT2D eigenvalue weighted by molar-refractivity contribution is 5.43. The first kappa shape index (κ1) is 17.6. The molecule has 5 nitrogen and oxygen atoms in total. The van der Waals surface area contributed by atoms with E-state index in [0.717, 1.165) is 5.56 Å². The number of nitro benzene ring substituents is 1. The van der Waals surface area contributed by atoms with E-state index < -0.39 is 5.60 Å². The van der Waals surface area contributed by atoms with Crippen molar-refractivity contribution in [2.45, 2.75) is 52.7 Å². The molecule has 1 aromatic rings. The van der Waals surface area contributed by atoms with Gasteiger partial charge in [0, 0.05) is 24.2 Å². The standard InChI is InChI=1S/C16H26N2O3/c1-11(2)9-16(5,19)10-17-13(4)14-7-6-12(3)15(8-14)18(20)21/h6-8,11,13,17,19H,9-10H2,1-5H3. The minimum absolute atomic E-state index is 0.0528. The number of nitrogens with zero attached hydrogens (tertiary/aromatic N) is 1. The Morgan fingerprint density at radius 2 is 2.00 bits per heavy atom. The number of benzene rings is 1. The zero-order valence-corrected chi connectivity index (χ0v) is 13.5. The van der Waals surface area contributed by atoms with Crippen LogP contribution in [0, 0.1) is 23.0 Å². The molecule has 1 rings (SSSR count). The first-order chi connectivity index (χ1) is 9.62. The fourth-order valence-electron chi connectivity index (χ4n) is 2.53. The van der Waals surface area contributed by atoms with Crippen molar-refractivity contribution >= 4 is 5.69 Å². The number of nitrogens with one attached hydrogen (secondary N) is 1. The third kappa shape index (κ3) is 5.44. The Kier molecular flexibility index (Phi) is 5.87. The Balaban J connectivity index is 2.74. The molecule has 2 unspecified atom stereocenters. The Morgan fingerprint density at radius 3 is 2.52 bits per heavy atom. The van der Waals surface area contributed by atoms with Crippen LogP contribution in [0.3, 0.4) is 0 Å². The number of nitro groups is 1. The monoisotopic (exact) mass is 294 g/mol. The molecule has 0 aliphatic carbocycles. The van der Waals surface area contributed by atoms with Crippen LogP contribution in [-0.4, -0.2) is 22.2 Å². The first-order valence-electron chi connectivity index (χ1n) is 7.33. The van der Waals surface area contributed by atoms with Crippen molar-refractivity contribution < 1.29 is 10.0 Å². The maximum absolute atomic E-state index is 11.0. The van der Waals surface area contributed by atoms with Crippen LogP contribution in [0.5, 0.6) is 0 Å². The Hall–Kier alpha value is -1.46. The number of hydrogen-bond donors (Lipinski definition) is 2. The van der Waals surface area contributed by atoms with Crippen molar-refractivity contribution in [3.8, 4) is 0 Å². The highest BCUT2D eigenvalue weighted by Crippen LogP contribution is 2.24. The molecule has 21 heavy (non-hydrogen) atoms. The highest BCUT2D eigenvalue weighted by Gasteiger charge is 2.23. The zero-order chi connectivity index (χ0) is 16.2. The summed E-state index contributed by atoms with van der Waals surface area (Å²) in [6.45, 7) is 10.1. The van der Waals surface area contributed by atoms with E-state index in [1.54, 1.807) is 19.1 Å². The minimum Gasteiger partial charge on any atom is -0.389 e. The summed E-state index contributed by atoms with van der Waals surface area (Å²) < 4.78 is 0. The summed E-state index contributed by atoms with van der Waals surface area (Å²) in [6.07, 6.45) is 0.709. The van der Waals surface area contributed by atoms with Crippen LogP contribution in [0.1, 0.15) is 51.3 Å². The maximum atomic E-state index is 11.0. The molecule has 0 spiro atoms. The second-order valence-corrected chi connectivity index (χ2v) is 6.50. The molecule has 5 heteroatoms. The van der Waals surface area contributed by atoms with Crippen LogP contribution >= 0.6 is 0 Å². The molecule has 0 saturated heterocycles. The van der Waals surface area contributed by atoms with Gasteiger partial charge in [0.25, 0.3) is 5.69 Å². The van der Waals surface area contributed by atoms with Crippen molar-refractivity contribution in [2.75, 3.05) is 6.54 Å². The van der Waals surface area contributed by atoms with E-state index in [2.05, 4.69) is 19.2 Å². The quantitative estimate of drug-likeness (QED) is 0.597. The van der Waals surface area contributed by atoms with Gasteiger partial charge in [0.1, 0.15) is 0 Å². The van der Waals surface area contributed by atoms with Gasteiger partial charge in [0.05, 0.1) is 10.5 Å². The van der Waals surface area contributed by atoms with Crippen LogP contribution < -0.4 is 5.32 Å². The van der Waals surface area contributed by atoms with E-state index in [4.69, 9.17) is 0 Å².